The molecule has 1 aliphatic rings. The third-order valence-electron chi connectivity index (χ3n) is 5.89. The second-order valence-electron chi connectivity index (χ2n) is 8.53. The molecule has 0 spiro atoms. The fourth-order valence-corrected chi connectivity index (χ4v) is 5.04. The SMILES string of the molecule is Cc1cccc(OCCCCN2C(=O)COc3ccc(-c4nc(-c5ccccn5)sc4C)cc32)c1. The summed E-state index contributed by atoms with van der Waals surface area (Å²) in [6, 6.07) is 19.8. The van der Waals surface area contributed by atoms with Gasteiger partial charge in [-0.15, -0.1) is 11.3 Å². The van der Waals surface area contributed by atoms with Crippen LogP contribution in [0.2, 0.25) is 0 Å². The molecule has 4 aromatic rings. The molecule has 35 heavy (non-hydrogen) atoms. The number of anilines is 1. The fraction of sp³-hybridized carbons (Fsp3) is 0.250. The summed E-state index contributed by atoms with van der Waals surface area (Å²) in [5, 5.41) is 0.883. The van der Waals surface area contributed by atoms with Crippen molar-refractivity contribution in [2.24, 2.45) is 0 Å². The first-order chi connectivity index (χ1) is 17.1. The molecule has 178 valence electrons. The van der Waals surface area contributed by atoms with Gasteiger partial charge in [0.25, 0.3) is 5.91 Å². The zero-order valence-corrected chi connectivity index (χ0v) is 20.7. The van der Waals surface area contributed by atoms with Crippen LogP contribution < -0.4 is 14.4 Å². The maximum atomic E-state index is 12.7. The van der Waals surface area contributed by atoms with Crippen LogP contribution in [0, 0.1) is 13.8 Å². The molecule has 0 atom stereocenters. The van der Waals surface area contributed by atoms with Crippen LogP contribution in [-0.2, 0) is 4.79 Å². The molecule has 0 saturated heterocycles. The molecule has 0 aliphatic carbocycles. The first kappa shape index (κ1) is 23.1. The van der Waals surface area contributed by atoms with Gasteiger partial charge in [-0.05, 0) is 74.7 Å². The number of amides is 1. The number of fused-ring (bicyclic) bond motifs is 1. The van der Waals surface area contributed by atoms with E-state index in [0.717, 1.165) is 56.9 Å². The average molecular weight is 486 g/mol. The number of thiazole rings is 1. The maximum absolute atomic E-state index is 12.7. The van der Waals surface area contributed by atoms with Gasteiger partial charge in [-0.3, -0.25) is 9.78 Å². The summed E-state index contributed by atoms with van der Waals surface area (Å²) in [6.07, 6.45) is 3.46. The number of hydrogen-bond acceptors (Lipinski definition) is 6. The lowest BCUT2D eigenvalue weighted by Gasteiger charge is -2.29. The van der Waals surface area contributed by atoms with Gasteiger partial charge >= 0.3 is 0 Å². The van der Waals surface area contributed by atoms with Crippen molar-refractivity contribution in [1.82, 2.24) is 9.97 Å². The van der Waals surface area contributed by atoms with Crippen molar-refractivity contribution in [1.29, 1.82) is 0 Å². The topological polar surface area (TPSA) is 64.5 Å². The lowest BCUT2D eigenvalue weighted by Crippen LogP contribution is -2.39. The number of carbonyl (C=O) groups excluding carboxylic acids is 1. The lowest BCUT2D eigenvalue weighted by atomic mass is 10.1. The first-order valence-corrected chi connectivity index (χ1v) is 12.6. The van der Waals surface area contributed by atoms with Gasteiger partial charge in [0.15, 0.2) is 6.61 Å². The van der Waals surface area contributed by atoms with Crippen LogP contribution in [0.4, 0.5) is 5.69 Å². The van der Waals surface area contributed by atoms with Gasteiger partial charge in [0, 0.05) is 23.2 Å². The van der Waals surface area contributed by atoms with E-state index in [1.807, 2.05) is 59.5 Å². The van der Waals surface area contributed by atoms with Crippen LogP contribution in [0.3, 0.4) is 0 Å². The average Bonchev–Trinajstić information content (AvgIpc) is 3.27. The smallest absolute Gasteiger partial charge is 0.265 e. The van der Waals surface area contributed by atoms with Crippen molar-refractivity contribution >= 4 is 22.9 Å². The molecule has 0 N–H and O–H groups in total. The van der Waals surface area contributed by atoms with Gasteiger partial charge in [0.1, 0.15) is 16.5 Å². The fourth-order valence-electron chi connectivity index (χ4n) is 4.12. The Morgan fingerprint density at radius 1 is 1.06 bits per heavy atom. The number of nitrogens with zero attached hydrogens (tertiary/aromatic N) is 3. The molecule has 6 nitrogen and oxygen atoms in total. The molecule has 1 aliphatic heterocycles. The quantitative estimate of drug-likeness (QED) is 0.283. The Balaban J connectivity index is 1.29. The summed E-state index contributed by atoms with van der Waals surface area (Å²) in [5.74, 6) is 1.58. The Kier molecular flexibility index (Phi) is 6.77. The second-order valence-corrected chi connectivity index (χ2v) is 9.73. The van der Waals surface area contributed by atoms with E-state index in [0.29, 0.717) is 13.2 Å². The van der Waals surface area contributed by atoms with Gasteiger partial charge in [-0.2, -0.15) is 0 Å². The van der Waals surface area contributed by atoms with E-state index in [1.54, 1.807) is 17.5 Å². The number of carbonyl (C=O) groups is 1. The highest BCUT2D eigenvalue weighted by molar-refractivity contribution is 7.15. The third-order valence-corrected chi connectivity index (χ3v) is 6.88. The van der Waals surface area contributed by atoms with E-state index in [1.165, 1.54) is 5.56 Å². The Hall–Kier alpha value is -3.71. The number of rotatable bonds is 8. The zero-order chi connectivity index (χ0) is 24.2. The predicted molar refractivity (Wildman–Crippen MR) is 139 cm³/mol. The molecular weight excluding hydrogens is 458 g/mol. The molecule has 2 aromatic carbocycles. The van der Waals surface area contributed by atoms with Crippen LogP contribution in [-0.4, -0.2) is 35.6 Å². The number of aryl methyl sites for hydroxylation is 2. The van der Waals surface area contributed by atoms with Gasteiger partial charge in [0.2, 0.25) is 0 Å². The van der Waals surface area contributed by atoms with Crippen LogP contribution in [0.15, 0.2) is 66.9 Å². The van der Waals surface area contributed by atoms with Crippen LogP contribution in [0.5, 0.6) is 11.5 Å². The summed E-state index contributed by atoms with van der Waals surface area (Å²) in [4.78, 5) is 25.0. The number of unbranched alkanes of at least 4 members (excludes halogenated alkanes) is 1. The Morgan fingerprint density at radius 3 is 2.80 bits per heavy atom. The van der Waals surface area contributed by atoms with E-state index in [9.17, 15) is 4.79 Å². The van der Waals surface area contributed by atoms with Crippen LogP contribution in [0.1, 0.15) is 23.3 Å². The molecule has 0 bridgehead atoms. The minimum atomic E-state index is -0.0292. The standard InChI is InChI=1S/C28H27N3O3S/c1-19-8-7-9-22(16-19)33-15-6-5-14-31-24-17-21(11-12-25(24)34-18-26(31)32)27-20(2)35-28(30-27)23-10-3-4-13-29-23/h3-4,7-13,16-17H,5-6,14-15,18H2,1-2H3. The summed E-state index contributed by atoms with van der Waals surface area (Å²) in [7, 11) is 0. The van der Waals surface area contributed by atoms with E-state index >= 15 is 0 Å². The Bertz CT molecular complexity index is 1340. The number of pyridine rings is 1. The van der Waals surface area contributed by atoms with Crippen molar-refractivity contribution in [2.45, 2.75) is 26.7 Å². The number of benzene rings is 2. The van der Waals surface area contributed by atoms with Crippen molar-refractivity contribution in [2.75, 3.05) is 24.7 Å². The monoisotopic (exact) mass is 485 g/mol. The van der Waals surface area contributed by atoms with Crippen LogP contribution in [0.25, 0.3) is 22.0 Å². The molecule has 3 heterocycles. The van der Waals surface area contributed by atoms with Gasteiger partial charge < -0.3 is 14.4 Å². The maximum Gasteiger partial charge on any atom is 0.265 e. The highest BCUT2D eigenvalue weighted by Gasteiger charge is 2.26. The Labute approximate surface area is 209 Å². The Morgan fingerprint density at radius 2 is 1.97 bits per heavy atom. The largest absolute Gasteiger partial charge is 0.494 e. The number of aromatic nitrogens is 2. The molecule has 0 fully saturated rings. The van der Waals surface area contributed by atoms with Crippen LogP contribution >= 0.6 is 11.3 Å². The second kappa shape index (κ2) is 10.3. The van der Waals surface area contributed by atoms with E-state index in [4.69, 9.17) is 14.5 Å². The number of ether oxygens (including phenoxy) is 2. The molecule has 2 aromatic heterocycles. The minimum Gasteiger partial charge on any atom is -0.494 e. The third kappa shape index (κ3) is 5.20. The summed E-state index contributed by atoms with van der Waals surface area (Å²) in [5.41, 5.74) is 4.70. The van der Waals surface area contributed by atoms with Crippen molar-refractivity contribution in [3.8, 4) is 33.5 Å². The highest BCUT2D eigenvalue weighted by Crippen LogP contribution is 2.39. The van der Waals surface area contributed by atoms with E-state index in [2.05, 4.69) is 24.9 Å². The minimum absolute atomic E-state index is 0.0292. The van der Waals surface area contributed by atoms with Crippen molar-refractivity contribution < 1.29 is 14.3 Å². The van der Waals surface area contributed by atoms with Crippen molar-refractivity contribution in [3.05, 3.63) is 77.3 Å². The van der Waals surface area contributed by atoms with Gasteiger partial charge in [0.05, 0.1) is 23.7 Å². The molecule has 0 unspecified atom stereocenters. The van der Waals surface area contributed by atoms with E-state index in [-0.39, 0.29) is 12.5 Å². The predicted octanol–water partition coefficient (Wildman–Crippen LogP) is 6.07. The molecule has 0 radical (unpaired) electrons. The molecule has 7 heteroatoms. The molecular formula is C28H27N3O3S. The molecule has 1 amide bonds. The lowest BCUT2D eigenvalue weighted by molar-refractivity contribution is -0.121. The van der Waals surface area contributed by atoms with Gasteiger partial charge in [-0.25, -0.2) is 4.98 Å². The summed E-state index contributed by atoms with van der Waals surface area (Å²) in [6.45, 7) is 5.40. The normalized spacial score (nSPS) is 12.9. The molecule has 5 rings (SSSR count). The summed E-state index contributed by atoms with van der Waals surface area (Å²) >= 11 is 1.62. The van der Waals surface area contributed by atoms with Crippen molar-refractivity contribution in [3.63, 3.8) is 0 Å². The van der Waals surface area contributed by atoms with E-state index < -0.39 is 0 Å². The van der Waals surface area contributed by atoms with Gasteiger partial charge in [-0.1, -0.05) is 18.2 Å². The highest BCUT2D eigenvalue weighted by atomic mass is 32.1. The first-order valence-electron chi connectivity index (χ1n) is 11.7. The summed E-state index contributed by atoms with van der Waals surface area (Å²) < 4.78 is 11.6. The number of hydrogen-bond donors (Lipinski definition) is 0. The zero-order valence-electron chi connectivity index (χ0n) is 19.9. The molecule has 0 saturated carbocycles.